The quantitative estimate of drug-likeness (QED) is 0.759. The third kappa shape index (κ3) is 6.13. The standard InChI is InChI=1S/C15H24N2O2/c1-4-9-19-14-8-6-7-13(10-14)16-11-15(18)17-12(3)5-2/h6-8,10,12,16H,4-5,9,11H2,1-3H3,(H,17,18). The number of hydrogen-bond acceptors (Lipinski definition) is 3. The second kappa shape index (κ2) is 8.40. The van der Waals surface area contributed by atoms with Crippen LogP contribution in [0.15, 0.2) is 24.3 Å². The molecule has 1 amide bonds. The van der Waals surface area contributed by atoms with Crippen LogP contribution in [0.1, 0.15) is 33.6 Å². The Hall–Kier alpha value is -1.71. The molecule has 0 radical (unpaired) electrons. The number of carbonyl (C=O) groups is 1. The Morgan fingerprint density at radius 3 is 2.84 bits per heavy atom. The van der Waals surface area contributed by atoms with Gasteiger partial charge in [0.15, 0.2) is 0 Å². The first-order valence-electron chi connectivity index (χ1n) is 6.91. The van der Waals surface area contributed by atoms with E-state index in [9.17, 15) is 4.79 Å². The minimum Gasteiger partial charge on any atom is -0.494 e. The second-order valence-electron chi connectivity index (χ2n) is 4.61. The maximum absolute atomic E-state index is 11.6. The smallest absolute Gasteiger partial charge is 0.239 e. The average Bonchev–Trinajstić information content (AvgIpc) is 2.43. The summed E-state index contributed by atoms with van der Waals surface area (Å²) in [6.07, 6.45) is 1.92. The molecule has 0 saturated heterocycles. The molecule has 4 nitrogen and oxygen atoms in total. The monoisotopic (exact) mass is 264 g/mol. The van der Waals surface area contributed by atoms with E-state index >= 15 is 0 Å². The van der Waals surface area contributed by atoms with Crippen molar-refractivity contribution in [2.45, 2.75) is 39.7 Å². The van der Waals surface area contributed by atoms with Crippen LogP contribution >= 0.6 is 0 Å². The van der Waals surface area contributed by atoms with E-state index in [4.69, 9.17) is 4.74 Å². The molecule has 1 rings (SSSR count). The van der Waals surface area contributed by atoms with Gasteiger partial charge in [-0.1, -0.05) is 19.9 Å². The van der Waals surface area contributed by atoms with Gasteiger partial charge in [-0.15, -0.1) is 0 Å². The van der Waals surface area contributed by atoms with Crippen molar-refractivity contribution in [1.82, 2.24) is 5.32 Å². The van der Waals surface area contributed by atoms with Gasteiger partial charge < -0.3 is 15.4 Å². The van der Waals surface area contributed by atoms with Crippen molar-refractivity contribution >= 4 is 11.6 Å². The summed E-state index contributed by atoms with van der Waals surface area (Å²) in [5.74, 6) is 0.836. The van der Waals surface area contributed by atoms with E-state index in [1.807, 2.05) is 38.1 Å². The number of amides is 1. The summed E-state index contributed by atoms with van der Waals surface area (Å²) in [6.45, 7) is 7.10. The van der Waals surface area contributed by atoms with Gasteiger partial charge in [-0.05, 0) is 31.9 Å². The van der Waals surface area contributed by atoms with E-state index in [2.05, 4.69) is 17.6 Å². The van der Waals surface area contributed by atoms with E-state index in [1.165, 1.54) is 0 Å². The van der Waals surface area contributed by atoms with Gasteiger partial charge in [-0.25, -0.2) is 0 Å². The predicted octanol–water partition coefficient (Wildman–Crippen LogP) is 2.80. The molecular formula is C15H24N2O2. The number of hydrogen-bond donors (Lipinski definition) is 2. The van der Waals surface area contributed by atoms with E-state index in [0.29, 0.717) is 6.61 Å². The van der Waals surface area contributed by atoms with Gasteiger partial charge in [0.1, 0.15) is 5.75 Å². The van der Waals surface area contributed by atoms with Crippen molar-refractivity contribution in [3.05, 3.63) is 24.3 Å². The van der Waals surface area contributed by atoms with Crippen LogP contribution in [0, 0.1) is 0 Å². The van der Waals surface area contributed by atoms with Crippen molar-refractivity contribution in [2.75, 3.05) is 18.5 Å². The van der Waals surface area contributed by atoms with Crippen LogP contribution in [0.25, 0.3) is 0 Å². The number of ether oxygens (including phenoxy) is 1. The summed E-state index contributed by atoms with van der Waals surface area (Å²) < 4.78 is 5.54. The third-order valence-electron chi connectivity index (χ3n) is 2.78. The Morgan fingerprint density at radius 1 is 1.37 bits per heavy atom. The van der Waals surface area contributed by atoms with Gasteiger partial charge >= 0.3 is 0 Å². The fourth-order valence-electron chi connectivity index (χ4n) is 1.53. The molecule has 0 fully saturated rings. The molecule has 2 N–H and O–H groups in total. The normalized spacial score (nSPS) is 11.7. The highest BCUT2D eigenvalue weighted by molar-refractivity contribution is 5.80. The second-order valence-corrected chi connectivity index (χ2v) is 4.61. The summed E-state index contributed by atoms with van der Waals surface area (Å²) in [4.78, 5) is 11.6. The number of anilines is 1. The predicted molar refractivity (Wildman–Crippen MR) is 78.6 cm³/mol. The first kappa shape index (κ1) is 15.3. The maximum Gasteiger partial charge on any atom is 0.239 e. The Kier molecular flexibility index (Phi) is 6.79. The number of rotatable bonds is 8. The lowest BCUT2D eigenvalue weighted by atomic mass is 10.2. The topological polar surface area (TPSA) is 50.4 Å². The molecule has 1 aromatic rings. The van der Waals surface area contributed by atoms with Gasteiger partial charge in [0, 0.05) is 17.8 Å². The summed E-state index contributed by atoms with van der Waals surface area (Å²) in [5, 5.41) is 6.01. The van der Waals surface area contributed by atoms with Crippen LogP contribution in [0.2, 0.25) is 0 Å². The highest BCUT2D eigenvalue weighted by Gasteiger charge is 2.05. The third-order valence-corrected chi connectivity index (χ3v) is 2.78. The zero-order chi connectivity index (χ0) is 14.1. The van der Waals surface area contributed by atoms with Crippen molar-refractivity contribution in [2.24, 2.45) is 0 Å². The first-order valence-corrected chi connectivity index (χ1v) is 6.91. The Bertz CT molecular complexity index is 393. The van der Waals surface area contributed by atoms with E-state index in [0.717, 1.165) is 24.3 Å². The van der Waals surface area contributed by atoms with Crippen molar-refractivity contribution in [1.29, 1.82) is 0 Å². The van der Waals surface area contributed by atoms with Crippen LogP contribution in [-0.2, 0) is 4.79 Å². The van der Waals surface area contributed by atoms with Crippen molar-refractivity contribution < 1.29 is 9.53 Å². The fourth-order valence-corrected chi connectivity index (χ4v) is 1.53. The molecule has 0 aliphatic heterocycles. The molecule has 1 unspecified atom stereocenters. The Morgan fingerprint density at radius 2 is 2.16 bits per heavy atom. The van der Waals surface area contributed by atoms with E-state index in [-0.39, 0.29) is 18.5 Å². The minimum absolute atomic E-state index is 0.00855. The molecule has 0 bridgehead atoms. The molecular weight excluding hydrogens is 240 g/mol. The van der Waals surface area contributed by atoms with Crippen LogP contribution in [0.4, 0.5) is 5.69 Å². The molecule has 1 atom stereocenters. The lowest BCUT2D eigenvalue weighted by Crippen LogP contribution is -2.36. The highest BCUT2D eigenvalue weighted by atomic mass is 16.5. The zero-order valence-electron chi connectivity index (χ0n) is 12.0. The maximum atomic E-state index is 11.6. The highest BCUT2D eigenvalue weighted by Crippen LogP contribution is 2.17. The average molecular weight is 264 g/mol. The van der Waals surface area contributed by atoms with Crippen molar-refractivity contribution in [3.8, 4) is 5.75 Å². The molecule has 0 saturated carbocycles. The molecule has 0 spiro atoms. The minimum atomic E-state index is 0.00855. The molecule has 0 aliphatic carbocycles. The SMILES string of the molecule is CCCOc1cccc(NCC(=O)NC(C)CC)c1. The fraction of sp³-hybridized carbons (Fsp3) is 0.533. The molecule has 0 heterocycles. The van der Waals surface area contributed by atoms with Crippen LogP contribution in [0.5, 0.6) is 5.75 Å². The van der Waals surface area contributed by atoms with Gasteiger partial charge in [0.25, 0.3) is 0 Å². The van der Waals surface area contributed by atoms with E-state index in [1.54, 1.807) is 0 Å². The lowest BCUT2D eigenvalue weighted by Gasteiger charge is -2.13. The summed E-state index contributed by atoms with van der Waals surface area (Å²) in [7, 11) is 0. The molecule has 106 valence electrons. The molecule has 1 aromatic carbocycles. The summed E-state index contributed by atoms with van der Waals surface area (Å²) in [5.41, 5.74) is 0.896. The van der Waals surface area contributed by atoms with Gasteiger partial charge in [-0.3, -0.25) is 4.79 Å². The zero-order valence-corrected chi connectivity index (χ0v) is 12.0. The summed E-state index contributed by atoms with van der Waals surface area (Å²) in [6, 6.07) is 7.88. The Balaban J connectivity index is 2.42. The van der Waals surface area contributed by atoms with Crippen LogP contribution in [-0.4, -0.2) is 25.1 Å². The summed E-state index contributed by atoms with van der Waals surface area (Å²) >= 11 is 0. The number of nitrogens with one attached hydrogen (secondary N) is 2. The number of carbonyl (C=O) groups excluding carboxylic acids is 1. The van der Waals surface area contributed by atoms with Gasteiger partial charge in [-0.2, -0.15) is 0 Å². The Labute approximate surface area is 115 Å². The van der Waals surface area contributed by atoms with Crippen LogP contribution < -0.4 is 15.4 Å². The molecule has 0 aromatic heterocycles. The van der Waals surface area contributed by atoms with Crippen LogP contribution in [0.3, 0.4) is 0 Å². The lowest BCUT2D eigenvalue weighted by molar-refractivity contribution is -0.120. The molecule has 19 heavy (non-hydrogen) atoms. The van der Waals surface area contributed by atoms with E-state index < -0.39 is 0 Å². The van der Waals surface area contributed by atoms with Gasteiger partial charge in [0.2, 0.25) is 5.91 Å². The van der Waals surface area contributed by atoms with Crippen molar-refractivity contribution in [3.63, 3.8) is 0 Å². The first-order chi connectivity index (χ1) is 9.15. The van der Waals surface area contributed by atoms with Gasteiger partial charge in [0.05, 0.1) is 13.2 Å². The molecule has 0 aliphatic rings. The molecule has 4 heteroatoms. The largest absolute Gasteiger partial charge is 0.494 e. The number of benzene rings is 1.